The highest BCUT2D eigenvalue weighted by Gasteiger charge is 2.18. The van der Waals surface area contributed by atoms with Gasteiger partial charge in [0.2, 0.25) is 0 Å². The molecule has 0 saturated carbocycles. The first-order chi connectivity index (χ1) is 13.7. The first kappa shape index (κ1) is 22.9. The van der Waals surface area contributed by atoms with Crippen molar-refractivity contribution < 1.29 is 19.7 Å². The van der Waals surface area contributed by atoms with Gasteiger partial charge in [-0.05, 0) is 74.9 Å². The fraction of sp³-hybridized carbons (Fsp3) is 0.500. The molecule has 5 nitrogen and oxygen atoms in total. The lowest BCUT2D eigenvalue weighted by Crippen LogP contribution is -2.22. The molecule has 29 heavy (non-hydrogen) atoms. The summed E-state index contributed by atoms with van der Waals surface area (Å²) in [6, 6.07) is 3.68. The van der Waals surface area contributed by atoms with Crippen molar-refractivity contribution in [1.29, 1.82) is 0 Å². The van der Waals surface area contributed by atoms with Gasteiger partial charge in [-0.1, -0.05) is 13.8 Å². The number of phenolic OH excluding ortho intramolecular Hbond substituents is 2. The van der Waals surface area contributed by atoms with Crippen molar-refractivity contribution in [2.24, 2.45) is 0 Å². The van der Waals surface area contributed by atoms with Crippen LogP contribution in [0.1, 0.15) is 60.1 Å². The van der Waals surface area contributed by atoms with Gasteiger partial charge in [0.15, 0.2) is 0 Å². The summed E-state index contributed by atoms with van der Waals surface area (Å²) in [5.74, 6) is 2.56. The molecule has 5 heteroatoms. The second-order valence-electron chi connectivity index (χ2n) is 7.82. The largest absolute Gasteiger partial charge is 0.508 e. The van der Waals surface area contributed by atoms with E-state index in [2.05, 4.69) is 19.2 Å². The summed E-state index contributed by atoms with van der Waals surface area (Å²) in [7, 11) is 0. The van der Waals surface area contributed by atoms with E-state index in [9.17, 15) is 10.2 Å². The molecule has 0 saturated heterocycles. The zero-order valence-corrected chi connectivity index (χ0v) is 18.8. The molecule has 0 aromatic heterocycles. The summed E-state index contributed by atoms with van der Waals surface area (Å²) in [5.41, 5.74) is 5.48. The highest BCUT2D eigenvalue weighted by atomic mass is 16.5. The van der Waals surface area contributed by atoms with Crippen LogP contribution in [0.2, 0.25) is 0 Å². The monoisotopic (exact) mass is 401 g/mol. The molecule has 3 N–H and O–H groups in total. The first-order valence-electron chi connectivity index (χ1n) is 10.3. The maximum Gasteiger partial charge on any atom is 0.127 e. The van der Waals surface area contributed by atoms with Crippen molar-refractivity contribution in [3.05, 3.63) is 45.5 Å². The molecule has 0 unspecified atom stereocenters. The van der Waals surface area contributed by atoms with E-state index >= 15 is 0 Å². The van der Waals surface area contributed by atoms with Crippen molar-refractivity contribution in [3.8, 4) is 23.0 Å². The Bertz CT molecular complexity index is 859. The lowest BCUT2D eigenvalue weighted by molar-refractivity contribution is 0.306. The topological polar surface area (TPSA) is 71.0 Å². The molecule has 0 spiro atoms. The van der Waals surface area contributed by atoms with Crippen LogP contribution in [0.5, 0.6) is 23.0 Å². The average molecular weight is 402 g/mol. The summed E-state index contributed by atoms with van der Waals surface area (Å²) < 4.78 is 11.9. The minimum Gasteiger partial charge on any atom is -0.508 e. The van der Waals surface area contributed by atoms with Crippen LogP contribution in [0, 0.1) is 27.7 Å². The molecule has 0 fully saturated rings. The minimum absolute atomic E-state index is 0.263. The van der Waals surface area contributed by atoms with Crippen LogP contribution in [0.25, 0.3) is 0 Å². The maximum absolute atomic E-state index is 10.4. The van der Waals surface area contributed by atoms with Crippen LogP contribution in [0.4, 0.5) is 0 Å². The van der Waals surface area contributed by atoms with Gasteiger partial charge in [-0.25, -0.2) is 0 Å². The molecule has 0 amide bonds. The van der Waals surface area contributed by atoms with Gasteiger partial charge in [-0.2, -0.15) is 0 Å². The fourth-order valence-electron chi connectivity index (χ4n) is 3.43. The van der Waals surface area contributed by atoms with Crippen LogP contribution in [0.3, 0.4) is 0 Å². The quantitative estimate of drug-likeness (QED) is 0.515. The lowest BCUT2D eigenvalue weighted by Gasteiger charge is -2.20. The summed E-state index contributed by atoms with van der Waals surface area (Å²) in [5, 5.41) is 23.8. The lowest BCUT2D eigenvalue weighted by atomic mass is 9.97. The van der Waals surface area contributed by atoms with Crippen molar-refractivity contribution in [2.75, 3.05) is 19.8 Å². The van der Waals surface area contributed by atoms with E-state index < -0.39 is 0 Å². The highest BCUT2D eigenvalue weighted by Crippen LogP contribution is 2.37. The molecular weight excluding hydrogens is 366 g/mol. The smallest absolute Gasteiger partial charge is 0.127 e. The third-order valence-electron chi connectivity index (χ3n) is 5.42. The number of ether oxygens (including phenoxy) is 2. The number of nitrogens with one attached hydrogen (secondary N) is 1. The molecule has 0 aliphatic rings. The fourth-order valence-corrected chi connectivity index (χ4v) is 3.43. The van der Waals surface area contributed by atoms with Gasteiger partial charge in [0, 0.05) is 24.2 Å². The van der Waals surface area contributed by atoms with E-state index in [4.69, 9.17) is 9.47 Å². The summed E-state index contributed by atoms with van der Waals surface area (Å²) in [4.78, 5) is 0. The zero-order chi connectivity index (χ0) is 21.7. The Labute approximate surface area is 174 Å². The van der Waals surface area contributed by atoms with E-state index in [0.29, 0.717) is 37.8 Å². The number of hydrogen-bond acceptors (Lipinski definition) is 5. The number of hydrogen-bond donors (Lipinski definition) is 3. The molecule has 0 aliphatic carbocycles. The molecule has 0 radical (unpaired) electrons. The van der Waals surface area contributed by atoms with E-state index in [1.165, 1.54) is 0 Å². The Morgan fingerprint density at radius 1 is 0.966 bits per heavy atom. The average Bonchev–Trinajstić information content (AvgIpc) is 2.68. The molecule has 0 aliphatic heterocycles. The Hall–Kier alpha value is -2.40. The molecular formula is C24H35NO4. The van der Waals surface area contributed by atoms with Crippen LogP contribution in [-0.4, -0.2) is 30.0 Å². The van der Waals surface area contributed by atoms with Crippen LogP contribution in [0.15, 0.2) is 12.1 Å². The van der Waals surface area contributed by atoms with Gasteiger partial charge in [0.1, 0.15) is 29.6 Å². The SMILES string of the molecule is CCOc1c(C)c(C)c(O)c(C)c1CNCCOc1cc(C)c(O)cc1C(C)C. The third-order valence-corrected chi connectivity index (χ3v) is 5.42. The summed E-state index contributed by atoms with van der Waals surface area (Å²) >= 11 is 0. The predicted octanol–water partition coefficient (Wildman–Crippen LogP) is 5.02. The molecule has 2 rings (SSSR count). The van der Waals surface area contributed by atoms with Gasteiger partial charge in [-0.15, -0.1) is 0 Å². The van der Waals surface area contributed by atoms with Crippen molar-refractivity contribution in [3.63, 3.8) is 0 Å². The van der Waals surface area contributed by atoms with Crippen LogP contribution >= 0.6 is 0 Å². The Kier molecular flexibility index (Phi) is 7.80. The Balaban J connectivity index is 2.05. The van der Waals surface area contributed by atoms with Crippen molar-refractivity contribution in [2.45, 2.75) is 60.9 Å². The standard InChI is InChI=1S/C24H35NO4/c1-8-28-24-17(6)16(5)23(27)18(7)20(24)13-25-9-10-29-22-11-15(4)21(26)12-19(22)14(2)3/h11-12,14,25-27H,8-10,13H2,1-7H3. The maximum atomic E-state index is 10.4. The first-order valence-corrected chi connectivity index (χ1v) is 10.3. The number of aryl methyl sites for hydroxylation is 1. The molecule has 0 atom stereocenters. The van der Waals surface area contributed by atoms with Crippen molar-refractivity contribution >= 4 is 0 Å². The summed E-state index contributed by atoms with van der Waals surface area (Å²) in [6.07, 6.45) is 0. The van der Waals surface area contributed by atoms with E-state index in [0.717, 1.165) is 44.9 Å². The van der Waals surface area contributed by atoms with E-state index in [1.807, 2.05) is 40.7 Å². The zero-order valence-electron chi connectivity index (χ0n) is 18.8. The number of benzene rings is 2. The number of rotatable bonds is 9. The highest BCUT2D eigenvalue weighted by molar-refractivity contribution is 5.57. The Morgan fingerprint density at radius 3 is 2.28 bits per heavy atom. The van der Waals surface area contributed by atoms with Gasteiger partial charge in [-0.3, -0.25) is 0 Å². The van der Waals surface area contributed by atoms with Gasteiger partial charge in [0.25, 0.3) is 0 Å². The molecule has 160 valence electrons. The van der Waals surface area contributed by atoms with Crippen molar-refractivity contribution in [1.82, 2.24) is 5.32 Å². The molecule has 0 bridgehead atoms. The van der Waals surface area contributed by atoms with Crippen LogP contribution < -0.4 is 14.8 Å². The van der Waals surface area contributed by atoms with Gasteiger partial charge < -0.3 is 25.0 Å². The van der Waals surface area contributed by atoms with E-state index in [1.54, 1.807) is 6.07 Å². The number of aromatic hydroxyl groups is 2. The predicted molar refractivity (Wildman–Crippen MR) is 118 cm³/mol. The molecule has 2 aromatic rings. The summed E-state index contributed by atoms with van der Waals surface area (Å²) in [6.45, 7) is 16.1. The van der Waals surface area contributed by atoms with Crippen LogP contribution in [-0.2, 0) is 6.54 Å². The third kappa shape index (κ3) is 5.15. The van der Waals surface area contributed by atoms with Gasteiger partial charge >= 0.3 is 0 Å². The second-order valence-corrected chi connectivity index (χ2v) is 7.82. The second kappa shape index (κ2) is 9.88. The minimum atomic E-state index is 0.263. The molecule has 0 heterocycles. The van der Waals surface area contributed by atoms with E-state index in [-0.39, 0.29) is 5.92 Å². The Morgan fingerprint density at radius 2 is 1.66 bits per heavy atom. The number of phenols is 2. The molecule has 2 aromatic carbocycles. The normalized spacial score (nSPS) is 11.2. The van der Waals surface area contributed by atoms with Gasteiger partial charge in [0.05, 0.1) is 6.61 Å².